The lowest BCUT2D eigenvalue weighted by molar-refractivity contribution is -0.144. The molecular formula is C19H18N2O6. The van der Waals surface area contributed by atoms with Crippen molar-refractivity contribution in [1.82, 2.24) is 10.3 Å². The Morgan fingerprint density at radius 3 is 2.67 bits per heavy atom. The molecule has 3 aromatic rings. The first-order valence-electron chi connectivity index (χ1n) is 8.53. The van der Waals surface area contributed by atoms with Gasteiger partial charge in [0.25, 0.3) is 0 Å². The van der Waals surface area contributed by atoms with Crippen molar-refractivity contribution >= 4 is 5.97 Å². The molecule has 0 radical (unpaired) electrons. The zero-order chi connectivity index (χ0) is 18.8. The van der Waals surface area contributed by atoms with Crippen LogP contribution in [0, 0.1) is 13.8 Å². The molecule has 8 heteroatoms. The molecule has 1 aromatic carbocycles. The number of carbonyl (C=O) groups excluding carboxylic acids is 1. The van der Waals surface area contributed by atoms with E-state index in [4.69, 9.17) is 23.3 Å². The average Bonchev–Trinajstić information content (AvgIpc) is 3.28. The normalized spacial score (nSPS) is 12.8. The number of fused-ring (bicyclic) bond motifs is 1. The maximum Gasteiger partial charge on any atom is 0.310 e. The van der Waals surface area contributed by atoms with Crippen LogP contribution >= 0.6 is 0 Å². The summed E-state index contributed by atoms with van der Waals surface area (Å²) in [6, 6.07) is 7.26. The molecule has 0 saturated carbocycles. The maximum absolute atomic E-state index is 12.0. The van der Waals surface area contributed by atoms with Crippen molar-refractivity contribution < 1.29 is 28.1 Å². The predicted octanol–water partition coefficient (Wildman–Crippen LogP) is 3.00. The van der Waals surface area contributed by atoms with Crippen LogP contribution in [-0.4, -0.2) is 29.5 Å². The van der Waals surface area contributed by atoms with Crippen LogP contribution in [0.1, 0.15) is 22.7 Å². The van der Waals surface area contributed by atoms with Crippen LogP contribution in [0.3, 0.4) is 0 Å². The van der Waals surface area contributed by atoms with Gasteiger partial charge in [0.1, 0.15) is 31.3 Å². The fourth-order valence-corrected chi connectivity index (χ4v) is 2.82. The van der Waals surface area contributed by atoms with Gasteiger partial charge in [-0.1, -0.05) is 10.3 Å². The molecule has 0 aliphatic carbocycles. The first-order valence-corrected chi connectivity index (χ1v) is 8.53. The topological polar surface area (TPSA) is 96.8 Å². The zero-order valence-corrected chi connectivity index (χ0v) is 15.0. The molecule has 4 rings (SSSR count). The van der Waals surface area contributed by atoms with E-state index in [0.29, 0.717) is 47.6 Å². The van der Waals surface area contributed by atoms with E-state index in [1.54, 1.807) is 19.9 Å². The Morgan fingerprint density at radius 1 is 1.07 bits per heavy atom. The van der Waals surface area contributed by atoms with Crippen molar-refractivity contribution in [3.05, 3.63) is 47.0 Å². The number of aromatic nitrogens is 2. The van der Waals surface area contributed by atoms with Crippen molar-refractivity contribution in [2.75, 3.05) is 13.2 Å². The summed E-state index contributed by atoms with van der Waals surface area (Å²) in [5.41, 5.74) is 2.76. The Kier molecular flexibility index (Phi) is 4.53. The molecule has 0 saturated heterocycles. The first kappa shape index (κ1) is 17.1. The molecule has 0 atom stereocenters. The molecule has 8 nitrogen and oxygen atoms in total. The van der Waals surface area contributed by atoms with Crippen LogP contribution in [0.5, 0.6) is 11.5 Å². The van der Waals surface area contributed by atoms with E-state index < -0.39 is 0 Å². The zero-order valence-electron chi connectivity index (χ0n) is 15.0. The number of hydrogen-bond acceptors (Lipinski definition) is 8. The molecule has 0 unspecified atom stereocenters. The van der Waals surface area contributed by atoms with Gasteiger partial charge in [-0.2, -0.15) is 0 Å². The summed E-state index contributed by atoms with van der Waals surface area (Å²) in [4.78, 5) is 12.0. The van der Waals surface area contributed by atoms with Crippen LogP contribution in [0.4, 0.5) is 0 Å². The fraction of sp³-hybridized carbons (Fsp3) is 0.316. The van der Waals surface area contributed by atoms with E-state index in [1.165, 1.54) is 0 Å². The van der Waals surface area contributed by atoms with Gasteiger partial charge in [0.05, 0.1) is 12.1 Å². The molecule has 1 aliphatic heterocycles. The lowest BCUT2D eigenvalue weighted by atomic mass is 10.1. The molecule has 0 amide bonds. The number of aryl methyl sites for hydroxylation is 2. The Bertz CT molecular complexity index is 955. The minimum atomic E-state index is -0.381. The standard InChI is InChI=1S/C19H18N2O6/c1-11-15(12(2)26-20-11)9-19(22)25-10-14-8-17(27-21-14)13-3-4-16-18(7-13)24-6-5-23-16/h3-4,7-8H,5-6,9-10H2,1-2H3. The van der Waals surface area contributed by atoms with Crippen LogP contribution in [-0.2, 0) is 22.6 Å². The molecular weight excluding hydrogens is 352 g/mol. The fourth-order valence-electron chi connectivity index (χ4n) is 2.82. The smallest absolute Gasteiger partial charge is 0.310 e. The van der Waals surface area contributed by atoms with E-state index in [1.807, 2.05) is 18.2 Å². The second-order valence-corrected chi connectivity index (χ2v) is 6.18. The van der Waals surface area contributed by atoms with Gasteiger partial charge in [-0.05, 0) is 32.0 Å². The third kappa shape index (κ3) is 3.64. The molecule has 0 spiro atoms. The Balaban J connectivity index is 1.39. The summed E-state index contributed by atoms with van der Waals surface area (Å²) >= 11 is 0. The van der Waals surface area contributed by atoms with E-state index in [-0.39, 0.29) is 19.0 Å². The van der Waals surface area contributed by atoms with Crippen molar-refractivity contribution in [2.45, 2.75) is 26.9 Å². The van der Waals surface area contributed by atoms with E-state index in [9.17, 15) is 4.79 Å². The van der Waals surface area contributed by atoms with E-state index in [2.05, 4.69) is 10.3 Å². The van der Waals surface area contributed by atoms with Crippen LogP contribution in [0.25, 0.3) is 11.3 Å². The van der Waals surface area contributed by atoms with Crippen LogP contribution < -0.4 is 9.47 Å². The molecule has 27 heavy (non-hydrogen) atoms. The number of carbonyl (C=O) groups is 1. The summed E-state index contributed by atoms with van der Waals surface area (Å²) < 4.78 is 26.8. The quantitative estimate of drug-likeness (QED) is 0.632. The van der Waals surface area contributed by atoms with Gasteiger partial charge in [0.15, 0.2) is 17.3 Å². The molecule has 0 bridgehead atoms. The summed E-state index contributed by atoms with van der Waals surface area (Å²) in [6.45, 7) is 4.63. The van der Waals surface area contributed by atoms with Crippen molar-refractivity contribution in [2.24, 2.45) is 0 Å². The van der Waals surface area contributed by atoms with Gasteiger partial charge in [-0.25, -0.2) is 0 Å². The molecule has 1 aliphatic rings. The summed E-state index contributed by atoms with van der Waals surface area (Å²) in [5, 5.41) is 7.78. The van der Waals surface area contributed by atoms with Gasteiger partial charge < -0.3 is 23.3 Å². The number of ether oxygens (including phenoxy) is 3. The molecule has 0 fully saturated rings. The van der Waals surface area contributed by atoms with Gasteiger partial charge in [0.2, 0.25) is 0 Å². The Morgan fingerprint density at radius 2 is 1.89 bits per heavy atom. The number of benzene rings is 1. The van der Waals surface area contributed by atoms with Gasteiger partial charge in [-0.15, -0.1) is 0 Å². The third-order valence-corrected chi connectivity index (χ3v) is 4.27. The lowest BCUT2D eigenvalue weighted by Crippen LogP contribution is -2.15. The van der Waals surface area contributed by atoms with Gasteiger partial charge in [-0.3, -0.25) is 4.79 Å². The molecule has 0 N–H and O–H groups in total. The van der Waals surface area contributed by atoms with Crippen molar-refractivity contribution in [3.63, 3.8) is 0 Å². The highest BCUT2D eigenvalue weighted by Crippen LogP contribution is 2.34. The molecule has 140 valence electrons. The predicted molar refractivity (Wildman–Crippen MR) is 92.4 cm³/mol. The molecule has 3 heterocycles. The highest BCUT2D eigenvalue weighted by Gasteiger charge is 2.17. The summed E-state index contributed by atoms with van der Waals surface area (Å²) in [6.07, 6.45) is 0.105. The Labute approximate surface area is 155 Å². The Hall–Kier alpha value is -3.29. The van der Waals surface area contributed by atoms with Crippen molar-refractivity contribution in [1.29, 1.82) is 0 Å². The third-order valence-electron chi connectivity index (χ3n) is 4.27. The lowest BCUT2D eigenvalue weighted by Gasteiger charge is -2.18. The largest absolute Gasteiger partial charge is 0.486 e. The first-order chi connectivity index (χ1) is 13.1. The number of hydrogen-bond donors (Lipinski definition) is 0. The number of rotatable bonds is 5. The van der Waals surface area contributed by atoms with Gasteiger partial charge >= 0.3 is 5.97 Å². The van der Waals surface area contributed by atoms with Crippen molar-refractivity contribution in [3.8, 4) is 22.8 Å². The number of nitrogens with zero attached hydrogens (tertiary/aromatic N) is 2. The van der Waals surface area contributed by atoms with Crippen LogP contribution in [0.2, 0.25) is 0 Å². The minimum absolute atomic E-state index is 0.0241. The summed E-state index contributed by atoms with van der Waals surface area (Å²) in [7, 11) is 0. The second kappa shape index (κ2) is 7.14. The minimum Gasteiger partial charge on any atom is -0.486 e. The number of esters is 1. The highest BCUT2D eigenvalue weighted by molar-refractivity contribution is 5.73. The average molecular weight is 370 g/mol. The van der Waals surface area contributed by atoms with Gasteiger partial charge in [0, 0.05) is 17.2 Å². The molecule has 2 aromatic heterocycles. The van der Waals surface area contributed by atoms with Crippen LogP contribution in [0.15, 0.2) is 33.3 Å². The summed E-state index contributed by atoms with van der Waals surface area (Å²) in [5.74, 6) is 2.17. The second-order valence-electron chi connectivity index (χ2n) is 6.18. The van der Waals surface area contributed by atoms with E-state index in [0.717, 1.165) is 11.1 Å². The highest BCUT2D eigenvalue weighted by atomic mass is 16.6. The monoisotopic (exact) mass is 370 g/mol. The maximum atomic E-state index is 12.0. The van der Waals surface area contributed by atoms with E-state index >= 15 is 0 Å². The SMILES string of the molecule is Cc1noc(C)c1CC(=O)OCc1cc(-c2ccc3c(c2)OCCO3)on1.